The number of carbonyl (C=O) groups is 1. The highest BCUT2D eigenvalue weighted by atomic mass is 16.5. The van der Waals surface area contributed by atoms with E-state index in [9.17, 15) is 9.59 Å². The van der Waals surface area contributed by atoms with Gasteiger partial charge in [0.2, 0.25) is 5.91 Å². The van der Waals surface area contributed by atoms with Gasteiger partial charge in [0, 0.05) is 30.6 Å². The van der Waals surface area contributed by atoms with Gasteiger partial charge in [-0.05, 0) is 101 Å². The van der Waals surface area contributed by atoms with Crippen molar-refractivity contribution in [2.45, 2.75) is 96.2 Å². The van der Waals surface area contributed by atoms with Crippen LogP contribution < -0.4 is 10.4 Å². The third kappa shape index (κ3) is 4.02. The number of benzene rings is 1. The molecule has 5 heterocycles. The van der Waals surface area contributed by atoms with Crippen molar-refractivity contribution in [2.24, 2.45) is 11.8 Å². The van der Waals surface area contributed by atoms with Crippen molar-refractivity contribution in [1.82, 2.24) is 9.80 Å². The molecule has 7 rings (SSSR count). The molecule has 1 aromatic heterocycles. The molecule has 1 amide bonds. The smallest absolute Gasteiger partial charge is 0.340 e. The lowest BCUT2D eigenvalue weighted by Crippen LogP contribution is -2.60. The van der Waals surface area contributed by atoms with Crippen LogP contribution in [0.2, 0.25) is 0 Å². The number of nitrogens with zero attached hydrogens (tertiary/aromatic N) is 2. The first-order valence-corrected chi connectivity index (χ1v) is 14.8. The first-order valence-electron chi connectivity index (χ1n) is 14.8. The predicted octanol–water partition coefficient (Wildman–Crippen LogP) is 5.17. The molecule has 4 atom stereocenters. The summed E-state index contributed by atoms with van der Waals surface area (Å²) in [4.78, 5) is 31.9. The normalized spacial score (nSPS) is 30.1. The molecule has 0 N–H and O–H groups in total. The molecule has 0 spiro atoms. The van der Waals surface area contributed by atoms with E-state index in [4.69, 9.17) is 9.15 Å². The second-order valence-electron chi connectivity index (χ2n) is 13.1. The maximum absolute atomic E-state index is 13.9. The molecule has 3 saturated heterocycles. The second-order valence-corrected chi connectivity index (χ2v) is 13.1. The second kappa shape index (κ2) is 8.97. The summed E-state index contributed by atoms with van der Waals surface area (Å²) in [5, 5.41) is 0.914. The number of hydrogen-bond donors (Lipinski definition) is 0. The lowest BCUT2D eigenvalue weighted by molar-refractivity contribution is -0.135. The Kier molecular flexibility index (Phi) is 5.77. The summed E-state index contributed by atoms with van der Waals surface area (Å²) in [6, 6.07) is 4.86. The van der Waals surface area contributed by atoms with Crippen molar-refractivity contribution < 1.29 is 13.9 Å². The van der Waals surface area contributed by atoms with Crippen LogP contribution in [0.1, 0.15) is 75.5 Å². The topological polar surface area (TPSA) is 63.0 Å². The zero-order valence-corrected chi connectivity index (χ0v) is 23.1. The lowest BCUT2D eigenvalue weighted by atomic mass is 9.68. The van der Waals surface area contributed by atoms with E-state index >= 15 is 0 Å². The zero-order valence-electron chi connectivity index (χ0n) is 23.1. The number of ether oxygens (including phenoxy) is 1. The Morgan fingerprint density at radius 1 is 1.13 bits per heavy atom. The molecule has 2 bridgehead atoms. The van der Waals surface area contributed by atoms with Crippen LogP contribution in [-0.4, -0.2) is 53.0 Å². The molecule has 3 fully saturated rings. The molecule has 1 aromatic carbocycles. The molecule has 2 unspecified atom stereocenters. The maximum atomic E-state index is 13.9. The van der Waals surface area contributed by atoms with Crippen LogP contribution in [0.15, 0.2) is 33.0 Å². The van der Waals surface area contributed by atoms with E-state index in [0.29, 0.717) is 29.0 Å². The van der Waals surface area contributed by atoms with Gasteiger partial charge in [0.15, 0.2) is 0 Å². The van der Waals surface area contributed by atoms with Crippen LogP contribution in [0.4, 0.5) is 0 Å². The summed E-state index contributed by atoms with van der Waals surface area (Å²) < 4.78 is 12.0. The monoisotopic (exact) mass is 516 g/mol. The van der Waals surface area contributed by atoms with Crippen molar-refractivity contribution in [1.29, 1.82) is 0 Å². The number of hydrogen-bond acceptors (Lipinski definition) is 5. The van der Waals surface area contributed by atoms with Crippen LogP contribution >= 0.6 is 0 Å². The largest absolute Gasteiger partial charge is 0.487 e. The molecular formula is C32H40N2O4. The Labute approximate surface area is 225 Å². The fraction of sp³-hybridized carbons (Fsp3) is 0.625. The van der Waals surface area contributed by atoms with Crippen LogP contribution in [0, 0.1) is 18.8 Å². The molecule has 6 nitrogen and oxygen atoms in total. The molecular weight excluding hydrogens is 476 g/mol. The van der Waals surface area contributed by atoms with Crippen LogP contribution in [0.3, 0.4) is 0 Å². The van der Waals surface area contributed by atoms with Gasteiger partial charge < -0.3 is 14.1 Å². The molecule has 5 aliphatic rings. The van der Waals surface area contributed by atoms with E-state index in [0.717, 1.165) is 61.0 Å². The average molecular weight is 517 g/mol. The van der Waals surface area contributed by atoms with Gasteiger partial charge in [-0.2, -0.15) is 0 Å². The number of piperidine rings is 3. The Bertz CT molecular complexity index is 1390. The third-order valence-electron chi connectivity index (χ3n) is 10.2. The van der Waals surface area contributed by atoms with Gasteiger partial charge in [-0.3, -0.25) is 9.69 Å². The Morgan fingerprint density at radius 3 is 2.87 bits per heavy atom. The highest BCUT2D eigenvalue weighted by Crippen LogP contribution is 2.45. The van der Waals surface area contributed by atoms with Crippen LogP contribution in [-0.2, 0) is 17.6 Å². The van der Waals surface area contributed by atoms with Gasteiger partial charge in [-0.15, -0.1) is 0 Å². The number of amides is 1. The fourth-order valence-electron chi connectivity index (χ4n) is 8.25. The van der Waals surface area contributed by atoms with Gasteiger partial charge in [0.1, 0.15) is 16.9 Å². The van der Waals surface area contributed by atoms with Crippen LogP contribution in [0.25, 0.3) is 11.0 Å². The standard InChI is InChI=1S/C32H40N2O4/c1-19-24-15-20-9-10-32(2,3)38-27(20)17-28(24)37-31(36)25(19)16-29(35)34-12-6-7-21-13-22-14-23(30(21)34)18-33-11-5-4-8-26(22)33/h13,15,17,22-23,26,30H,4-12,14,16,18H2,1-3H3/t22?,23?,26-,30-/m1/s1. The highest BCUT2D eigenvalue weighted by molar-refractivity contribution is 5.86. The fourth-order valence-corrected chi connectivity index (χ4v) is 8.25. The van der Waals surface area contributed by atoms with Crippen LogP contribution in [0.5, 0.6) is 5.75 Å². The summed E-state index contributed by atoms with van der Waals surface area (Å²) in [6.07, 6.45) is 11.8. The minimum atomic E-state index is -0.399. The zero-order chi connectivity index (χ0) is 26.2. The molecule has 0 radical (unpaired) electrons. The SMILES string of the molecule is Cc1c(CC(=O)N2CCCC3=CC4CC(CN5CCCC[C@H]45)[C@@H]32)c(=O)oc2cc3c(cc12)CCC(C)(C)O3. The first kappa shape index (κ1) is 24.4. The van der Waals surface area contributed by atoms with E-state index in [-0.39, 0.29) is 24.0 Å². The van der Waals surface area contributed by atoms with Gasteiger partial charge in [-0.1, -0.05) is 18.1 Å². The molecule has 1 aliphatic carbocycles. The Morgan fingerprint density at radius 2 is 2.00 bits per heavy atom. The number of likely N-dealkylation sites (tertiary alicyclic amines) is 1. The van der Waals surface area contributed by atoms with Crippen molar-refractivity contribution in [2.75, 3.05) is 19.6 Å². The van der Waals surface area contributed by atoms with Crippen molar-refractivity contribution in [3.05, 3.63) is 50.9 Å². The van der Waals surface area contributed by atoms with E-state index in [1.165, 1.54) is 37.8 Å². The van der Waals surface area contributed by atoms with E-state index in [2.05, 4.69) is 35.8 Å². The average Bonchev–Trinajstić information content (AvgIpc) is 2.89. The molecule has 6 heteroatoms. The minimum absolute atomic E-state index is 0.0672. The molecule has 0 saturated carbocycles. The van der Waals surface area contributed by atoms with Crippen molar-refractivity contribution in [3.63, 3.8) is 0 Å². The van der Waals surface area contributed by atoms with Crippen molar-refractivity contribution >= 4 is 16.9 Å². The highest BCUT2D eigenvalue weighted by Gasteiger charge is 2.47. The number of rotatable bonds is 2. The number of fused-ring (bicyclic) bond motifs is 8. The van der Waals surface area contributed by atoms with Gasteiger partial charge in [0.05, 0.1) is 18.0 Å². The minimum Gasteiger partial charge on any atom is -0.487 e. The van der Waals surface area contributed by atoms with Gasteiger partial charge in [0.25, 0.3) is 0 Å². The predicted molar refractivity (Wildman–Crippen MR) is 148 cm³/mol. The Hall–Kier alpha value is -2.60. The third-order valence-corrected chi connectivity index (χ3v) is 10.2. The quantitative estimate of drug-likeness (QED) is 0.407. The molecule has 202 valence electrons. The number of carbonyl (C=O) groups excluding carboxylic acids is 1. The molecule has 4 aliphatic heterocycles. The van der Waals surface area contributed by atoms with Gasteiger partial charge in [-0.25, -0.2) is 4.79 Å². The summed E-state index contributed by atoms with van der Waals surface area (Å²) in [7, 11) is 0. The van der Waals surface area contributed by atoms with E-state index < -0.39 is 5.63 Å². The summed E-state index contributed by atoms with van der Waals surface area (Å²) in [6.45, 7) is 9.22. The first-order chi connectivity index (χ1) is 18.3. The van der Waals surface area contributed by atoms with E-state index in [1.807, 2.05) is 13.0 Å². The van der Waals surface area contributed by atoms with Crippen molar-refractivity contribution in [3.8, 4) is 5.75 Å². The summed E-state index contributed by atoms with van der Waals surface area (Å²) in [5.74, 6) is 2.01. The van der Waals surface area contributed by atoms with E-state index in [1.54, 1.807) is 0 Å². The Balaban J connectivity index is 1.18. The lowest BCUT2D eigenvalue weighted by Gasteiger charge is -2.54. The molecule has 38 heavy (non-hydrogen) atoms. The summed E-state index contributed by atoms with van der Waals surface area (Å²) >= 11 is 0. The molecule has 2 aromatic rings. The maximum Gasteiger partial charge on any atom is 0.340 e. The number of aryl methyl sites for hydroxylation is 2. The van der Waals surface area contributed by atoms with Gasteiger partial charge >= 0.3 is 5.63 Å². The summed E-state index contributed by atoms with van der Waals surface area (Å²) in [5.41, 5.74) is 3.90.